The molecule has 146 valence electrons. The Balaban J connectivity index is 1.71. The summed E-state index contributed by atoms with van der Waals surface area (Å²) >= 11 is 0. The van der Waals surface area contributed by atoms with Gasteiger partial charge in [-0.05, 0) is 42.0 Å². The van der Waals surface area contributed by atoms with Gasteiger partial charge in [0.1, 0.15) is 0 Å². The molecule has 29 heavy (non-hydrogen) atoms. The number of benzene rings is 3. The monoisotopic (exact) mass is 396 g/mol. The van der Waals surface area contributed by atoms with E-state index in [0.29, 0.717) is 5.69 Å². The molecule has 4 rings (SSSR count). The molecule has 0 atom stereocenters. The normalized spacial score (nSPS) is 11.6. The lowest BCUT2D eigenvalue weighted by molar-refractivity contribution is -0.141. The minimum Gasteiger partial charge on any atom is -0.404 e. The number of carbonyl (C=O) groups excluding carboxylic acids is 1. The molecule has 0 amide bonds. The van der Waals surface area contributed by atoms with Gasteiger partial charge in [0.25, 0.3) is 0 Å². The third kappa shape index (κ3) is 3.85. The van der Waals surface area contributed by atoms with Crippen molar-refractivity contribution in [1.29, 1.82) is 0 Å². The van der Waals surface area contributed by atoms with Gasteiger partial charge in [-0.15, -0.1) is 0 Å². The van der Waals surface area contributed by atoms with Gasteiger partial charge in [0.05, 0.1) is 11.3 Å². The van der Waals surface area contributed by atoms with Crippen molar-refractivity contribution in [3.8, 4) is 11.6 Å². The number of halogens is 3. The molecule has 0 saturated heterocycles. The van der Waals surface area contributed by atoms with Crippen molar-refractivity contribution in [2.45, 2.75) is 13.1 Å². The van der Waals surface area contributed by atoms with Crippen LogP contribution in [0.15, 0.2) is 72.8 Å². The quantitative estimate of drug-likeness (QED) is 0.425. The van der Waals surface area contributed by atoms with Crippen LogP contribution in [0.3, 0.4) is 0 Å². The van der Waals surface area contributed by atoms with Crippen LogP contribution >= 0.6 is 0 Å². The number of hydrogen-bond acceptors (Lipinski definition) is 3. The van der Waals surface area contributed by atoms with Gasteiger partial charge in [-0.2, -0.15) is 18.3 Å². The Kier molecular flexibility index (Phi) is 4.58. The number of ether oxygens (including phenoxy) is 1. The molecular weight excluding hydrogens is 381 g/mol. The first-order valence-corrected chi connectivity index (χ1v) is 8.76. The zero-order valence-electron chi connectivity index (χ0n) is 15.3. The van der Waals surface area contributed by atoms with E-state index >= 15 is 0 Å². The number of hydrogen-bond donors (Lipinski definition) is 0. The van der Waals surface area contributed by atoms with Gasteiger partial charge < -0.3 is 4.74 Å². The Morgan fingerprint density at radius 2 is 1.62 bits per heavy atom. The van der Waals surface area contributed by atoms with Crippen LogP contribution in [0.4, 0.5) is 13.2 Å². The summed E-state index contributed by atoms with van der Waals surface area (Å²) in [4.78, 5) is 12.6. The molecule has 1 heterocycles. The maximum Gasteiger partial charge on any atom is 0.435 e. The number of fused-ring (bicyclic) bond motifs is 1. The number of carbonyl (C=O) groups is 1. The van der Waals surface area contributed by atoms with Gasteiger partial charge in [-0.25, -0.2) is 9.48 Å². The SMILES string of the molecule is Cc1ccc(-n2nc(C(F)(F)F)cc2OC(=O)c2ccc3ccccc3c2)cc1. The molecule has 0 aliphatic heterocycles. The standard InChI is InChI=1S/C22H15F3N2O2/c1-14-6-10-18(11-7-14)27-20(13-19(26-27)22(23,24)25)29-21(28)17-9-8-15-4-2-3-5-16(15)12-17/h2-13H,1H3. The Morgan fingerprint density at radius 3 is 2.31 bits per heavy atom. The van der Waals surface area contributed by atoms with E-state index < -0.39 is 17.8 Å². The summed E-state index contributed by atoms with van der Waals surface area (Å²) in [6.07, 6.45) is -4.67. The largest absolute Gasteiger partial charge is 0.435 e. The smallest absolute Gasteiger partial charge is 0.404 e. The maximum atomic E-state index is 13.2. The van der Waals surface area contributed by atoms with Crippen LogP contribution in [-0.4, -0.2) is 15.7 Å². The third-order valence-corrected chi connectivity index (χ3v) is 4.43. The fourth-order valence-electron chi connectivity index (χ4n) is 2.92. The van der Waals surface area contributed by atoms with Crippen molar-refractivity contribution < 1.29 is 22.7 Å². The fourth-order valence-corrected chi connectivity index (χ4v) is 2.92. The molecule has 0 aliphatic rings. The van der Waals surface area contributed by atoms with Crippen molar-refractivity contribution in [2.75, 3.05) is 0 Å². The van der Waals surface area contributed by atoms with Crippen LogP contribution in [0.25, 0.3) is 16.5 Å². The molecular formula is C22H15F3N2O2. The number of alkyl halides is 3. The summed E-state index contributed by atoms with van der Waals surface area (Å²) in [6, 6.07) is 19.8. The van der Waals surface area contributed by atoms with Crippen LogP contribution in [0.2, 0.25) is 0 Å². The molecule has 4 nitrogen and oxygen atoms in total. The van der Waals surface area contributed by atoms with Gasteiger partial charge in [0.2, 0.25) is 5.88 Å². The van der Waals surface area contributed by atoms with E-state index in [0.717, 1.165) is 27.1 Å². The van der Waals surface area contributed by atoms with Gasteiger partial charge in [0.15, 0.2) is 5.69 Å². The van der Waals surface area contributed by atoms with E-state index in [4.69, 9.17) is 4.74 Å². The Labute approximate surface area is 164 Å². The van der Waals surface area contributed by atoms with Gasteiger partial charge in [-0.3, -0.25) is 0 Å². The summed E-state index contributed by atoms with van der Waals surface area (Å²) in [5.74, 6) is -1.07. The Bertz CT molecular complexity index is 1190. The molecule has 0 aliphatic carbocycles. The second-order valence-electron chi connectivity index (χ2n) is 6.56. The lowest BCUT2D eigenvalue weighted by Gasteiger charge is -2.09. The van der Waals surface area contributed by atoms with Gasteiger partial charge in [0, 0.05) is 6.07 Å². The van der Waals surface area contributed by atoms with E-state index in [1.807, 2.05) is 31.2 Å². The molecule has 0 radical (unpaired) electrons. The number of nitrogens with zero attached hydrogens (tertiary/aromatic N) is 2. The van der Waals surface area contributed by atoms with Crippen LogP contribution in [0.1, 0.15) is 21.6 Å². The van der Waals surface area contributed by atoms with Crippen molar-refractivity contribution >= 4 is 16.7 Å². The number of aromatic nitrogens is 2. The zero-order chi connectivity index (χ0) is 20.6. The molecule has 0 bridgehead atoms. The van der Waals surface area contributed by atoms with Crippen LogP contribution in [0, 0.1) is 6.92 Å². The molecule has 0 spiro atoms. The number of rotatable bonds is 3. The summed E-state index contributed by atoms with van der Waals surface area (Å²) in [6.45, 7) is 1.86. The molecule has 7 heteroatoms. The van der Waals surface area contributed by atoms with E-state index in [9.17, 15) is 18.0 Å². The summed E-state index contributed by atoms with van der Waals surface area (Å²) in [5, 5.41) is 5.35. The van der Waals surface area contributed by atoms with Crippen LogP contribution in [0.5, 0.6) is 5.88 Å². The zero-order valence-corrected chi connectivity index (χ0v) is 15.3. The number of aryl methyl sites for hydroxylation is 1. The predicted octanol–water partition coefficient (Wildman–Crippen LogP) is 5.57. The molecule has 0 unspecified atom stereocenters. The summed E-state index contributed by atoms with van der Waals surface area (Å²) in [5.41, 5.74) is 0.382. The van der Waals surface area contributed by atoms with Gasteiger partial charge >= 0.3 is 12.1 Å². The highest BCUT2D eigenvalue weighted by Gasteiger charge is 2.36. The van der Waals surface area contributed by atoms with E-state index in [1.54, 1.807) is 42.5 Å². The molecule has 0 fully saturated rings. The second kappa shape index (κ2) is 7.09. The van der Waals surface area contributed by atoms with Gasteiger partial charge in [-0.1, -0.05) is 48.0 Å². The van der Waals surface area contributed by atoms with Crippen molar-refractivity contribution in [3.05, 3.63) is 89.6 Å². The fraction of sp³-hybridized carbons (Fsp3) is 0.0909. The lowest BCUT2D eigenvalue weighted by atomic mass is 10.1. The first kappa shape index (κ1) is 18.7. The van der Waals surface area contributed by atoms with Crippen molar-refractivity contribution in [1.82, 2.24) is 9.78 Å². The second-order valence-corrected chi connectivity index (χ2v) is 6.56. The minimum atomic E-state index is -4.67. The first-order valence-electron chi connectivity index (χ1n) is 8.76. The average Bonchev–Trinajstić information content (AvgIpc) is 3.12. The first-order chi connectivity index (χ1) is 13.8. The summed E-state index contributed by atoms with van der Waals surface area (Å²) < 4.78 is 45.8. The average molecular weight is 396 g/mol. The molecule has 0 saturated carbocycles. The van der Waals surface area contributed by atoms with E-state index in [2.05, 4.69) is 5.10 Å². The maximum absolute atomic E-state index is 13.2. The summed E-state index contributed by atoms with van der Waals surface area (Å²) in [7, 11) is 0. The lowest BCUT2D eigenvalue weighted by Crippen LogP contribution is -2.12. The Hall–Kier alpha value is -3.61. The minimum absolute atomic E-state index is 0.230. The van der Waals surface area contributed by atoms with Crippen molar-refractivity contribution in [2.24, 2.45) is 0 Å². The van der Waals surface area contributed by atoms with Crippen LogP contribution in [-0.2, 0) is 6.18 Å². The highest BCUT2D eigenvalue weighted by Crippen LogP contribution is 2.32. The van der Waals surface area contributed by atoms with E-state index in [1.165, 1.54) is 0 Å². The highest BCUT2D eigenvalue weighted by atomic mass is 19.4. The third-order valence-electron chi connectivity index (χ3n) is 4.43. The predicted molar refractivity (Wildman–Crippen MR) is 102 cm³/mol. The van der Waals surface area contributed by atoms with Crippen LogP contribution < -0.4 is 4.74 Å². The Morgan fingerprint density at radius 1 is 0.931 bits per heavy atom. The van der Waals surface area contributed by atoms with E-state index in [-0.39, 0.29) is 11.4 Å². The highest BCUT2D eigenvalue weighted by molar-refractivity contribution is 5.96. The molecule has 3 aromatic carbocycles. The molecule has 4 aromatic rings. The topological polar surface area (TPSA) is 44.1 Å². The van der Waals surface area contributed by atoms with Crippen molar-refractivity contribution in [3.63, 3.8) is 0 Å². The molecule has 0 N–H and O–H groups in total. The number of esters is 1. The molecule has 1 aromatic heterocycles.